The minimum atomic E-state index is 0.163. The van der Waals surface area contributed by atoms with E-state index < -0.39 is 0 Å². The van der Waals surface area contributed by atoms with Crippen molar-refractivity contribution in [3.8, 4) is 6.07 Å². The zero-order chi connectivity index (χ0) is 15.5. The molecule has 0 spiro atoms. The molecule has 1 fully saturated rings. The first-order chi connectivity index (χ1) is 10.7. The number of likely N-dealkylation sites (N-methyl/N-ethyl adjacent to an activating group) is 1. The first-order valence-corrected chi connectivity index (χ1v) is 7.49. The molecule has 1 saturated heterocycles. The molecule has 1 aliphatic rings. The van der Waals surface area contributed by atoms with E-state index in [1.54, 1.807) is 12.4 Å². The van der Waals surface area contributed by atoms with Crippen LogP contribution in [0, 0.1) is 11.3 Å². The third-order valence-electron chi connectivity index (χ3n) is 4.00. The fourth-order valence-electron chi connectivity index (χ4n) is 2.79. The summed E-state index contributed by atoms with van der Waals surface area (Å²) >= 11 is 6.35. The molecule has 3 rings (SSSR count). The standard InChI is InChI=1S/C16H16ClN5/c1-21-8-9-22(16-14(10-18)19-6-7-20-16)11-15(21)12-4-2-3-5-13(12)17/h2-7,15H,8-9,11H2,1H3. The maximum Gasteiger partial charge on any atom is 0.183 e. The summed E-state index contributed by atoms with van der Waals surface area (Å²) in [6.07, 6.45) is 3.17. The van der Waals surface area contributed by atoms with Gasteiger partial charge >= 0.3 is 0 Å². The molecule has 0 aliphatic carbocycles. The Hall–Kier alpha value is -2.16. The van der Waals surface area contributed by atoms with Crippen LogP contribution in [0.4, 0.5) is 5.82 Å². The molecule has 0 radical (unpaired) electrons. The van der Waals surface area contributed by atoms with Gasteiger partial charge in [-0.15, -0.1) is 0 Å². The first-order valence-electron chi connectivity index (χ1n) is 7.11. The van der Waals surface area contributed by atoms with Crippen molar-refractivity contribution in [1.29, 1.82) is 5.26 Å². The van der Waals surface area contributed by atoms with Crippen molar-refractivity contribution >= 4 is 17.4 Å². The fourth-order valence-corrected chi connectivity index (χ4v) is 3.05. The summed E-state index contributed by atoms with van der Waals surface area (Å²) in [4.78, 5) is 12.8. The van der Waals surface area contributed by atoms with E-state index >= 15 is 0 Å². The fraction of sp³-hybridized carbons (Fsp3) is 0.312. The number of benzene rings is 1. The molecule has 1 unspecified atom stereocenters. The smallest absolute Gasteiger partial charge is 0.183 e. The Morgan fingerprint density at radius 2 is 2.00 bits per heavy atom. The number of rotatable bonds is 2. The van der Waals surface area contributed by atoms with Crippen molar-refractivity contribution in [1.82, 2.24) is 14.9 Å². The van der Waals surface area contributed by atoms with Crippen LogP contribution in [-0.2, 0) is 0 Å². The second kappa shape index (κ2) is 6.30. The van der Waals surface area contributed by atoms with Gasteiger partial charge in [0.05, 0.1) is 6.04 Å². The van der Waals surface area contributed by atoms with E-state index in [1.807, 2.05) is 18.2 Å². The summed E-state index contributed by atoms with van der Waals surface area (Å²) in [5.74, 6) is 0.648. The zero-order valence-corrected chi connectivity index (χ0v) is 13.0. The Kier molecular flexibility index (Phi) is 4.23. The van der Waals surface area contributed by atoms with Crippen molar-refractivity contribution in [2.24, 2.45) is 0 Å². The Bertz CT molecular complexity index is 712. The number of halogens is 1. The summed E-state index contributed by atoms with van der Waals surface area (Å²) in [6, 6.07) is 10.2. The van der Waals surface area contributed by atoms with Gasteiger partial charge in [0.15, 0.2) is 11.5 Å². The molecule has 0 bridgehead atoms. The van der Waals surface area contributed by atoms with Crippen molar-refractivity contribution < 1.29 is 0 Å². The van der Waals surface area contributed by atoms with Crippen LogP contribution in [0.3, 0.4) is 0 Å². The van der Waals surface area contributed by atoms with Gasteiger partial charge in [0.2, 0.25) is 0 Å². The van der Waals surface area contributed by atoms with Gasteiger partial charge in [0, 0.05) is 37.1 Å². The maximum atomic E-state index is 9.22. The molecular formula is C16H16ClN5. The second-order valence-electron chi connectivity index (χ2n) is 5.30. The predicted octanol–water partition coefficient (Wildman–Crippen LogP) is 2.49. The highest BCUT2D eigenvalue weighted by Gasteiger charge is 2.29. The molecule has 2 aromatic rings. The van der Waals surface area contributed by atoms with Gasteiger partial charge < -0.3 is 4.90 Å². The summed E-state index contributed by atoms with van der Waals surface area (Å²) in [5, 5.41) is 9.98. The Morgan fingerprint density at radius 3 is 2.77 bits per heavy atom. The monoisotopic (exact) mass is 313 g/mol. The van der Waals surface area contributed by atoms with E-state index in [-0.39, 0.29) is 6.04 Å². The van der Waals surface area contributed by atoms with Gasteiger partial charge in [0.1, 0.15) is 6.07 Å². The van der Waals surface area contributed by atoms with Crippen LogP contribution in [0.1, 0.15) is 17.3 Å². The topological polar surface area (TPSA) is 56.1 Å². The molecule has 1 aromatic heterocycles. The normalized spacial score (nSPS) is 19.0. The highest BCUT2D eigenvalue weighted by Crippen LogP contribution is 2.31. The molecule has 1 atom stereocenters. The lowest BCUT2D eigenvalue weighted by Gasteiger charge is -2.40. The average Bonchev–Trinajstić information content (AvgIpc) is 2.56. The SMILES string of the molecule is CN1CCN(c2nccnc2C#N)CC1c1ccccc1Cl. The Balaban J connectivity index is 1.91. The number of nitriles is 1. The largest absolute Gasteiger partial charge is 0.351 e. The molecular weight excluding hydrogens is 298 g/mol. The summed E-state index contributed by atoms with van der Waals surface area (Å²) in [6.45, 7) is 2.41. The van der Waals surface area contributed by atoms with Crippen LogP contribution < -0.4 is 4.90 Å². The van der Waals surface area contributed by atoms with Crippen molar-refractivity contribution in [2.45, 2.75) is 6.04 Å². The zero-order valence-electron chi connectivity index (χ0n) is 12.3. The minimum Gasteiger partial charge on any atom is -0.351 e. The van der Waals surface area contributed by atoms with Gasteiger partial charge in [-0.05, 0) is 18.7 Å². The molecule has 1 aliphatic heterocycles. The lowest BCUT2D eigenvalue weighted by molar-refractivity contribution is 0.220. The van der Waals surface area contributed by atoms with E-state index in [0.29, 0.717) is 11.5 Å². The van der Waals surface area contributed by atoms with Gasteiger partial charge in [-0.3, -0.25) is 4.90 Å². The van der Waals surface area contributed by atoms with Crippen molar-refractivity contribution in [2.75, 3.05) is 31.6 Å². The maximum absolute atomic E-state index is 9.22. The number of aromatic nitrogens is 2. The number of nitrogens with zero attached hydrogens (tertiary/aromatic N) is 5. The number of hydrogen-bond donors (Lipinski definition) is 0. The Labute approximate surface area is 134 Å². The Morgan fingerprint density at radius 1 is 1.23 bits per heavy atom. The van der Waals surface area contributed by atoms with Gasteiger partial charge in [-0.1, -0.05) is 29.8 Å². The number of piperazine rings is 1. The van der Waals surface area contributed by atoms with E-state index in [9.17, 15) is 5.26 Å². The van der Waals surface area contributed by atoms with Gasteiger partial charge in [-0.25, -0.2) is 9.97 Å². The first kappa shape index (κ1) is 14.8. The average molecular weight is 314 g/mol. The molecule has 5 nitrogen and oxygen atoms in total. The molecule has 112 valence electrons. The lowest BCUT2D eigenvalue weighted by atomic mass is 10.0. The minimum absolute atomic E-state index is 0.163. The van der Waals surface area contributed by atoms with Crippen LogP contribution in [0.2, 0.25) is 5.02 Å². The lowest BCUT2D eigenvalue weighted by Crippen LogP contribution is -2.47. The van der Waals surface area contributed by atoms with Gasteiger partial charge in [-0.2, -0.15) is 5.26 Å². The van der Waals surface area contributed by atoms with E-state index in [0.717, 1.165) is 30.2 Å². The molecule has 2 heterocycles. The van der Waals surface area contributed by atoms with E-state index in [1.165, 1.54) is 0 Å². The van der Waals surface area contributed by atoms with Crippen LogP contribution >= 0.6 is 11.6 Å². The predicted molar refractivity (Wildman–Crippen MR) is 85.8 cm³/mol. The van der Waals surface area contributed by atoms with Crippen LogP contribution in [0.25, 0.3) is 0 Å². The number of hydrogen-bond acceptors (Lipinski definition) is 5. The van der Waals surface area contributed by atoms with Crippen molar-refractivity contribution in [3.63, 3.8) is 0 Å². The second-order valence-corrected chi connectivity index (χ2v) is 5.71. The molecule has 1 aromatic carbocycles. The van der Waals surface area contributed by atoms with Gasteiger partial charge in [0.25, 0.3) is 0 Å². The van der Waals surface area contributed by atoms with Crippen molar-refractivity contribution in [3.05, 3.63) is 52.9 Å². The molecule has 0 N–H and O–H groups in total. The molecule has 0 saturated carbocycles. The van der Waals surface area contributed by atoms with Crippen LogP contribution in [0.5, 0.6) is 0 Å². The van der Waals surface area contributed by atoms with Crippen LogP contribution in [0.15, 0.2) is 36.7 Å². The quantitative estimate of drug-likeness (QED) is 0.852. The third kappa shape index (κ3) is 2.76. The molecule has 0 amide bonds. The molecule has 6 heteroatoms. The third-order valence-corrected chi connectivity index (χ3v) is 4.34. The number of anilines is 1. The summed E-state index contributed by atoms with van der Waals surface area (Å²) < 4.78 is 0. The van der Waals surface area contributed by atoms with E-state index in [2.05, 4.69) is 39.0 Å². The van der Waals surface area contributed by atoms with Crippen LogP contribution in [-0.4, -0.2) is 41.5 Å². The molecule has 22 heavy (non-hydrogen) atoms. The summed E-state index contributed by atoms with van der Waals surface area (Å²) in [5.41, 5.74) is 1.46. The highest BCUT2D eigenvalue weighted by molar-refractivity contribution is 6.31. The highest BCUT2D eigenvalue weighted by atomic mass is 35.5. The van der Waals surface area contributed by atoms with E-state index in [4.69, 9.17) is 11.6 Å². The summed E-state index contributed by atoms with van der Waals surface area (Å²) in [7, 11) is 2.09.